The average molecular weight is 203 g/mol. The molecule has 0 amide bonds. The van der Waals surface area contributed by atoms with Crippen LogP contribution in [0.1, 0.15) is 31.7 Å². The summed E-state index contributed by atoms with van der Waals surface area (Å²) in [6, 6.07) is 10.5. The van der Waals surface area contributed by atoms with Crippen LogP contribution in [0.5, 0.6) is 0 Å². The Labute approximate surface area is 93.2 Å². The van der Waals surface area contributed by atoms with Gasteiger partial charge in [0.05, 0.1) is 0 Å². The Morgan fingerprint density at radius 1 is 1.13 bits per heavy atom. The lowest BCUT2D eigenvalue weighted by Crippen LogP contribution is -2.12. The van der Waals surface area contributed by atoms with E-state index in [4.69, 9.17) is 0 Å². The Morgan fingerprint density at radius 3 is 2.67 bits per heavy atom. The minimum Gasteiger partial charge on any atom is -0.309 e. The van der Waals surface area contributed by atoms with Crippen LogP contribution in [0.2, 0.25) is 0 Å². The lowest BCUT2D eigenvalue weighted by molar-refractivity contribution is 0.754. The van der Waals surface area contributed by atoms with E-state index in [-0.39, 0.29) is 0 Å². The first kappa shape index (κ1) is 12.0. The summed E-state index contributed by atoms with van der Waals surface area (Å²) in [6.45, 7) is 4.15. The van der Waals surface area contributed by atoms with Crippen molar-refractivity contribution >= 4 is 0 Å². The van der Waals surface area contributed by atoms with Crippen LogP contribution < -0.4 is 5.32 Å². The Bertz CT molecular complexity index is 264. The van der Waals surface area contributed by atoms with Gasteiger partial charge in [0.1, 0.15) is 0 Å². The van der Waals surface area contributed by atoms with E-state index in [1.165, 1.54) is 24.8 Å². The first-order valence-corrected chi connectivity index (χ1v) is 5.83. The number of nitrogens with one attached hydrogen (secondary N) is 1. The van der Waals surface area contributed by atoms with Crippen LogP contribution in [-0.2, 0) is 6.54 Å². The van der Waals surface area contributed by atoms with E-state index >= 15 is 0 Å². The summed E-state index contributed by atoms with van der Waals surface area (Å²) in [5.74, 6) is 0. The standard InChI is InChI=1S/C14H21N/c1-2-3-4-5-9-12-15-13-14-10-7-6-8-11-14/h5-11,15H,2-4,12-13H2,1H3/b9-5+. The van der Waals surface area contributed by atoms with E-state index in [1.807, 2.05) is 6.07 Å². The second kappa shape index (κ2) is 8.25. The highest BCUT2D eigenvalue weighted by molar-refractivity contribution is 5.14. The molecule has 0 aromatic heterocycles. The predicted octanol–water partition coefficient (Wildman–Crippen LogP) is 3.52. The molecular weight excluding hydrogens is 182 g/mol. The molecule has 0 bridgehead atoms. The molecule has 0 unspecified atom stereocenters. The fraction of sp³-hybridized carbons (Fsp3) is 0.429. The summed E-state index contributed by atoms with van der Waals surface area (Å²) in [7, 11) is 0. The van der Waals surface area contributed by atoms with Crippen LogP contribution in [0.15, 0.2) is 42.5 Å². The lowest BCUT2D eigenvalue weighted by atomic mass is 10.2. The number of unbranched alkanes of at least 4 members (excludes halogenated alkanes) is 2. The summed E-state index contributed by atoms with van der Waals surface area (Å²) in [6.07, 6.45) is 8.28. The van der Waals surface area contributed by atoms with Gasteiger partial charge >= 0.3 is 0 Å². The van der Waals surface area contributed by atoms with Crippen molar-refractivity contribution in [2.75, 3.05) is 6.54 Å². The molecule has 82 valence electrons. The lowest BCUT2D eigenvalue weighted by Gasteiger charge is -2.00. The molecule has 0 aliphatic heterocycles. The SMILES string of the molecule is CCCC/C=C/CNCc1ccccc1. The number of benzene rings is 1. The Hall–Kier alpha value is -1.08. The van der Waals surface area contributed by atoms with Gasteiger partial charge in [0.25, 0.3) is 0 Å². The molecule has 0 saturated heterocycles. The monoisotopic (exact) mass is 203 g/mol. The third-order valence-electron chi connectivity index (χ3n) is 2.33. The van der Waals surface area contributed by atoms with Crippen molar-refractivity contribution in [3.8, 4) is 0 Å². The number of hydrogen-bond donors (Lipinski definition) is 1. The number of allylic oxidation sites excluding steroid dienone is 1. The number of rotatable bonds is 7. The molecule has 15 heavy (non-hydrogen) atoms. The third kappa shape index (κ3) is 6.08. The molecule has 0 radical (unpaired) electrons. The van der Waals surface area contributed by atoms with Crippen LogP contribution in [0.3, 0.4) is 0 Å². The molecule has 1 aromatic rings. The normalized spacial score (nSPS) is 11.0. The highest BCUT2D eigenvalue weighted by Crippen LogP contribution is 1.97. The maximum atomic E-state index is 3.39. The van der Waals surface area contributed by atoms with Crippen molar-refractivity contribution in [1.29, 1.82) is 0 Å². The van der Waals surface area contributed by atoms with Crippen molar-refractivity contribution in [3.63, 3.8) is 0 Å². The molecule has 1 N–H and O–H groups in total. The van der Waals surface area contributed by atoms with Gasteiger partial charge in [-0.3, -0.25) is 0 Å². The third-order valence-corrected chi connectivity index (χ3v) is 2.33. The van der Waals surface area contributed by atoms with E-state index in [0.717, 1.165) is 13.1 Å². The van der Waals surface area contributed by atoms with Crippen molar-refractivity contribution in [1.82, 2.24) is 5.32 Å². The van der Waals surface area contributed by atoms with Gasteiger partial charge in [-0.15, -0.1) is 0 Å². The predicted molar refractivity (Wildman–Crippen MR) is 66.8 cm³/mol. The fourth-order valence-corrected chi connectivity index (χ4v) is 1.42. The maximum absolute atomic E-state index is 3.39. The van der Waals surface area contributed by atoms with E-state index in [9.17, 15) is 0 Å². The summed E-state index contributed by atoms with van der Waals surface area (Å²) in [4.78, 5) is 0. The largest absolute Gasteiger partial charge is 0.309 e. The van der Waals surface area contributed by atoms with E-state index in [1.54, 1.807) is 0 Å². The molecule has 1 nitrogen and oxygen atoms in total. The Balaban J connectivity index is 2.04. The van der Waals surface area contributed by atoms with Gasteiger partial charge in [-0.25, -0.2) is 0 Å². The minimum atomic E-state index is 0.957. The molecule has 0 fully saturated rings. The molecule has 0 aliphatic carbocycles. The van der Waals surface area contributed by atoms with Crippen LogP contribution in [0.4, 0.5) is 0 Å². The van der Waals surface area contributed by atoms with Crippen LogP contribution in [0, 0.1) is 0 Å². The zero-order chi connectivity index (χ0) is 10.8. The fourth-order valence-electron chi connectivity index (χ4n) is 1.42. The minimum absolute atomic E-state index is 0.957. The second-order valence-electron chi connectivity index (χ2n) is 3.73. The van der Waals surface area contributed by atoms with E-state index in [0.29, 0.717) is 0 Å². The van der Waals surface area contributed by atoms with Crippen molar-refractivity contribution in [2.45, 2.75) is 32.7 Å². The van der Waals surface area contributed by atoms with Crippen molar-refractivity contribution in [2.24, 2.45) is 0 Å². The van der Waals surface area contributed by atoms with Gasteiger partial charge < -0.3 is 5.32 Å². The number of hydrogen-bond acceptors (Lipinski definition) is 1. The quantitative estimate of drug-likeness (QED) is 0.528. The van der Waals surface area contributed by atoms with Gasteiger partial charge in [0.15, 0.2) is 0 Å². The summed E-state index contributed by atoms with van der Waals surface area (Å²) in [5, 5.41) is 3.39. The molecule has 1 heteroatoms. The molecule has 0 spiro atoms. The summed E-state index contributed by atoms with van der Waals surface area (Å²) >= 11 is 0. The highest BCUT2D eigenvalue weighted by atomic mass is 14.8. The average Bonchev–Trinajstić information content (AvgIpc) is 2.29. The van der Waals surface area contributed by atoms with Gasteiger partial charge in [-0.05, 0) is 12.0 Å². The zero-order valence-corrected chi connectivity index (χ0v) is 9.58. The Morgan fingerprint density at radius 2 is 1.93 bits per heavy atom. The summed E-state index contributed by atoms with van der Waals surface area (Å²) < 4.78 is 0. The molecule has 0 heterocycles. The van der Waals surface area contributed by atoms with E-state index in [2.05, 4.69) is 48.7 Å². The van der Waals surface area contributed by atoms with Gasteiger partial charge in [-0.2, -0.15) is 0 Å². The second-order valence-corrected chi connectivity index (χ2v) is 3.73. The summed E-state index contributed by atoms with van der Waals surface area (Å²) in [5.41, 5.74) is 1.35. The Kier molecular flexibility index (Phi) is 6.59. The van der Waals surface area contributed by atoms with Gasteiger partial charge in [-0.1, -0.05) is 62.2 Å². The molecule has 1 aromatic carbocycles. The van der Waals surface area contributed by atoms with Crippen molar-refractivity contribution in [3.05, 3.63) is 48.0 Å². The van der Waals surface area contributed by atoms with Crippen LogP contribution in [-0.4, -0.2) is 6.54 Å². The smallest absolute Gasteiger partial charge is 0.0208 e. The molecule has 0 aliphatic rings. The first-order chi connectivity index (χ1) is 7.43. The highest BCUT2D eigenvalue weighted by Gasteiger charge is 1.87. The molecule has 1 rings (SSSR count). The topological polar surface area (TPSA) is 12.0 Å². The van der Waals surface area contributed by atoms with Crippen LogP contribution >= 0.6 is 0 Å². The molecule has 0 saturated carbocycles. The van der Waals surface area contributed by atoms with Gasteiger partial charge in [0.2, 0.25) is 0 Å². The van der Waals surface area contributed by atoms with Crippen LogP contribution in [0.25, 0.3) is 0 Å². The molecular formula is C14H21N. The molecule has 0 atom stereocenters. The maximum Gasteiger partial charge on any atom is 0.0208 e. The van der Waals surface area contributed by atoms with E-state index < -0.39 is 0 Å². The zero-order valence-electron chi connectivity index (χ0n) is 9.58. The van der Waals surface area contributed by atoms with Crippen molar-refractivity contribution < 1.29 is 0 Å². The van der Waals surface area contributed by atoms with Gasteiger partial charge in [0, 0.05) is 13.1 Å². The first-order valence-electron chi connectivity index (χ1n) is 5.83.